The Hall–Kier alpha value is -1.71. The molecule has 1 heterocycles. The summed E-state index contributed by atoms with van der Waals surface area (Å²) in [5.74, 6) is -0.596. The first-order valence-electron chi connectivity index (χ1n) is 5.50. The van der Waals surface area contributed by atoms with Crippen molar-refractivity contribution in [3.63, 3.8) is 0 Å². The van der Waals surface area contributed by atoms with Gasteiger partial charge in [-0.25, -0.2) is 0 Å². The van der Waals surface area contributed by atoms with Crippen LogP contribution >= 0.6 is 0 Å². The second-order valence-corrected chi connectivity index (χ2v) is 4.02. The van der Waals surface area contributed by atoms with Gasteiger partial charge in [0, 0.05) is 13.1 Å². The molecule has 1 aliphatic heterocycles. The molecule has 2 rings (SSSR count). The Morgan fingerprint density at radius 3 is 2.19 bits per heavy atom. The monoisotopic (exact) mass is 221 g/mol. The van der Waals surface area contributed by atoms with Crippen LogP contribution in [-0.2, 0) is 0 Å². The molecular weight excluding hydrogens is 206 g/mol. The van der Waals surface area contributed by atoms with Crippen molar-refractivity contribution in [3.8, 4) is 11.5 Å². The number of phenolic OH excluding ortho intramolecular Hbond substituents is 2. The van der Waals surface area contributed by atoms with Gasteiger partial charge in [0.15, 0.2) is 0 Å². The second kappa shape index (κ2) is 4.43. The van der Waals surface area contributed by atoms with E-state index in [1.54, 1.807) is 4.90 Å². The maximum Gasteiger partial charge on any atom is 0.261 e. The van der Waals surface area contributed by atoms with Crippen LogP contribution in [0.5, 0.6) is 11.5 Å². The number of aromatic hydroxyl groups is 2. The van der Waals surface area contributed by atoms with E-state index in [0.29, 0.717) is 13.1 Å². The first-order chi connectivity index (χ1) is 7.70. The number of carbonyl (C=O) groups excluding carboxylic acids is 1. The van der Waals surface area contributed by atoms with Gasteiger partial charge in [-0.1, -0.05) is 6.07 Å². The molecule has 1 aliphatic rings. The van der Waals surface area contributed by atoms with E-state index in [0.717, 1.165) is 19.3 Å². The average molecular weight is 221 g/mol. The summed E-state index contributed by atoms with van der Waals surface area (Å²) in [6.07, 6.45) is 3.11. The lowest BCUT2D eigenvalue weighted by Crippen LogP contribution is -2.35. The third-order valence-corrected chi connectivity index (χ3v) is 2.88. The number of hydrogen-bond donors (Lipinski definition) is 2. The third kappa shape index (κ3) is 1.96. The van der Waals surface area contributed by atoms with Gasteiger partial charge in [0.1, 0.15) is 17.1 Å². The molecule has 0 saturated carbocycles. The SMILES string of the molecule is O=C(c1c(O)cccc1O)N1CCCCC1. The molecule has 4 nitrogen and oxygen atoms in total. The zero-order valence-corrected chi connectivity index (χ0v) is 9.02. The van der Waals surface area contributed by atoms with Crippen molar-refractivity contribution in [2.24, 2.45) is 0 Å². The fourth-order valence-corrected chi connectivity index (χ4v) is 2.00. The summed E-state index contributed by atoms with van der Waals surface area (Å²) in [6, 6.07) is 4.34. The highest BCUT2D eigenvalue weighted by molar-refractivity contribution is 5.99. The van der Waals surface area contributed by atoms with Gasteiger partial charge < -0.3 is 15.1 Å². The van der Waals surface area contributed by atoms with Gasteiger partial charge in [-0.15, -0.1) is 0 Å². The molecule has 1 saturated heterocycles. The van der Waals surface area contributed by atoms with Crippen LogP contribution in [0.2, 0.25) is 0 Å². The Morgan fingerprint density at radius 1 is 1.06 bits per heavy atom. The smallest absolute Gasteiger partial charge is 0.261 e. The van der Waals surface area contributed by atoms with E-state index in [4.69, 9.17) is 0 Å². The molecule has 86 valence electrons. The van der Waals surface area contributed by atoms with Crippen LogP contribution in [0.4, 0.5) is 0 Å². The van der Waals surface area contributed by atoms with Crippen LogP contribution in [0.1, 0.15) is 29.6 Å². The number of likely N-dealkylation sites (tertiary alicyclic amines) is 1. The molecule has 0 unspecified atom stereocenters. The number of hydrogen-bond acceptors (Lipinski definition) is 3. The molecule has 1 aromatic carbocycles. The van der Waals surface area contributed by atoms with Crippen molar-refractivity contribution in [3.05, 3.63) is 23.8 Å². The van der Waals surface area contributed by atoms with Gasteiger partial charge in [-0.05, 0) is 31.4 Å². The minimum Gasteiger partial charge on any atom is -0.507 e. The van der Waals surface area contributed by atoms with Crippen LogP contribution in [0.3, 0.4) is 0 Å². The molecule has 1 amide bonds. The zero-order valence-electron chi connectivity index (χ0n) is 9.02. The van der Waals surface area contributed by atoms with Gasteiger partial charge in [0.25, 0.3) is 5.91 Å². The van der Waals surface area contributed by atoms with Crippen molar-refractivity contribution in [1.29, 1.82) is 0 Å². The van der Waals surface area contributed by atoms with Gasteiger partial charge in [0.05, 0.1) is 0 Å². The largest absolute Gasteiger partial charge is 0.507 e. The molecule has 16 heavy (non-hydrogen) atoms. The van der Waals surface area contributed by atoms with Crippen molar-refractivity contribution in [2.45, 2.75) is 19.3 Å². The van der Waals surface area contributed by atoms with Crippen LogP contribution in [-0.4, -0.2) is 34.1 Å². The van der Waals surface area contributed by atoms with Crippen LogP contribution in [0.15, 0.2) is 18.2 Å². The normalized spacial score (nSPS) is 16.1. The fourth-order valence-electron chi connectivity index (χ4n) is 2.00. The van der Waals surface area contributed by atoms with Gasteiger partial charge >= 0.3 is 0 Å². The molecule has 4 heteroatoms. The summed E-state index contributed by atoms with van der Waals surface area (Å²) >= 11 is 0. The topological polar surface area (TPSA) is 60.8 Å². The number of amides is 1. The summed E-state index contributed by atoms with van der Waals surface area (Å²) in [7, 11) is 0. The summed E-state index contributed by atoms with van der Waals surface area (Å²) in [5.41, 5.74) is 0.0180. The number of benzene rings is 1. The van der Waals surface area contributed by atoms with Crippen molar-refractivity contribution in [1.82, 2.24) is 4.90 Å². The lowest BCUT2D eigenvalue weighted by atomic mass is 10.1. The van der Waals surface area contributed by atoms with E-state index in [1.165, 1.54) is 18.2 Å². The van der Waals surface area contributed by atoms with Crippen LogP contribution in [0, 0.1) is 0 Å². The minimum absolute atomic E-state index is 0.0180. The Labute approximate surface area is 94.1 Å². The number of nitrogens with zero attached hydrogens (tertiary/aromatic N) is 1. The number of rotatable bonds is 1. The lowest BCUT2D eigenvalue weighted by molar-refractivity contribution is 0.0718. The van der Waals surface area contributed by atoms with E-state index in [2.05, 4.69) is 0 Å². The maximum absolute atomic E-state index is 12.0. The molecule has 0 aromatic heterocycles. The molecule has 0 radical (unpaired) electrons. The molecule has 0 atom stereocenters. The van der Waals surface area contributed by atoms with Crippen LogP contribution in [0.25, 0.3) is 0 Å². The standard InChI is InChI=1S/C12H15NO3/c14-9-5-4-6-10(15)11(9)12(16)13-7-2-1-3-8-13/h4-6,14-15H,1-3,7-8H2. The first-order valence-corrected chi connectivity index (χ1v) is 5.50. The molecular formula is C12H15NO3. The summed E-state index contributed by atoms with van der Waals surface area (Å²) in [4.78, 5) is 13.7. The number of phenols is 2. The molecule has 2 N–H and O–H groups in total. The Bertz CT molecular complexity index is 377. The second-order valence-electron chi connectivity index (χ2n) is 4.02. The summed E-state index contributed by atoms with van der Waals surface area (Å²) in [5, 5.41) is 19.2. The van der Waals surface area contributed by atoms with Crippen molar-refractivity contribution >= 4 is 5.91 Å². The minimum atomic E-state index is -0.282. The molecule has 1 aromatic rings. The quantitative estimate of drug-likeness (QED) is 0.759. The lowest BCUT2D eigenvalue weighted by Gasteiger charge is -2.27. The number of carbonyl (C=O) groups is 1. The van der Waals surface area contributed by atoms with E-state index in [9.17, 15) is 15.0 Å². The highest BCUT2D eigenvalue weighted by Gasteiger charge is 2.23. The molecule has 0 aliphatic carbocycles. The molecule has 0 spiro atoms. The highest BCUT2D eigenvalue weighted by atomic mass is 16.3. The third-order valence-electron chi connectivity index (χ3n) is 2.88. The van der Waals surface area contributed by atoms with E-state index in [-0.39, 0.29) is 23.0 Å². The maximum atomic E-state index is 12.0. The van der Waals surface area contributed by atoms with Crippen molar-refractivity contribution in [2.75, 3.05) is 13.1 Å². The summed E-state index contributed by atoms with van der Waals surface area (Å²) in [6.45, 7) is 1.40. The molecule has 0 bridgehead atoms. The Kier molecular flexibility index (Phi) is 2.99. The van der Waals surface area contributed by atoms with Gasteiger partial charge in [-0.3, -0.25) is 4.79 Å². The van der Waals surface area contributed by atoms with Crippen molar-refractivity contribution < 1.29 is 15.0 Å². The van der Waals surface area contributed by atoms with Gasteiger partial charge in [-0.2, -0.15) is 0 Å². The average Bonchev–Trinajstić information content (AvgIpc) is 2.30. The Morgan fingerprint density at radius 2 is 1.62 bits per heavy atom. The van der Waals surface area contributed by atoms with Crippen LogP contribution < -0.4 is 0 Å². The number of piperidine rings is 1. The summed E-state index contributed by atoms with van der Waals surface area (Å²) < 4.78 is 0. The Balaban J connectivity index is 2.26. The van der Waals surface area contributed by atoms with E-state index < -0.39 is 0 Å². The predicted molar refractivity (Wildman–Crippen MR) is 59.5 cm³/mol. The predicted octanol–water partition coefficient (Wildman–Crippen LogP) is 1.72. The van der Waals surface area contributed by atoms with E-state index in [1.807, 2.05) is 0 Å². The molecule has 1 fully saturated rings. The van der Waals surface area contributed by atoms with E-state index >= 15 is 0 Å². The zero-order chi connectivity index (χ0) is 11.5. The fraction of sp³-hybridized carbons (Fsp3) is 0.417. The van der Waals surface area contributed by atoms with Gasteiger partial charge in [0.2, 0.25) is 0 Å². The highest BCUT2D eigenvalue weighted by Crippen LogP contribution is 2.28. The first kappa shape index (κ1) is 10.8.